The molecular formula is C10H9BrO4. The number of aliphatic hydroxyl groups is 1. The number of methoxy groups -OCH3 is 1. The number of halogens is 1. The van der Waals surface area contributed by atoms with Gasteiger partial charge in [-0.3, -0.25) is 0 Å². The van der Waals surface area contributed by atoms with E-state index in [1.165, 1.54) is 13.2 Å². The zero-order chi connectivity index (χ0) is 11.4. The molecule has 0 aliphatic rings. The lowest BCUT2D eigenvalue weighted by atomic mass is 10.1. The van der Waals surface area contributed by atoms with E-state index in [1.807, 2.05) is 0 Å². The van der Waals surface area contributed by atoms with Crippen molar-refractivity contribution in [1.82, 2.24) is 0 Å². The number of esters is 1. The van der Waals surface area contributed by atoms with Crippen LogP contribution in [0.1, 0.15) is 5.56 Å². The molecule has 0 aliphatic carbocycles. The third kappa shape index (κ3) is 2.73. The minimum Gasteiger partial charge on any atom is -0.507 e. The van der Waals surface area contributed by atoms with E-state index in [2.05, 4.69) is 20.7 Å². The van der Waals surface area contributed by atoms with Gasteiger partial charge in [0.05, 0.1) is 23.2 Å². The fourth-order valence-electron chi connectivity index (χ4n) is 0.970. The molecule has 0 unspecified atom stereocenters. The van der Waals surface area contributed by atoms with Crippen molar-refractivity contribution in [3.63, 3.8) is 0 Å². The zero-order valence-electron chi connectivity index (χ0n) is 7.90. The molecule has 80 valence electrons. The highest BCUT2D eigenvalue weighted by Crippen LogP contribution is 2.31. The van der Waals surface area contributed by atoms with Crippen LogP contribution in [0.25, 0.3) is 5.76 Å². The summed E-state index contributed by atoms with van der Waals surface area (Å²) in [4.78, 5) is 10.8. The Morgan fingerprint density at radius 2 is 2.20 bits per heavy atom. The van der Waals surface area contributed by atoms with Crippen molar-refractivity contribution in [2.24, 2.45) is 0 Å². The van der Waals surface area contributed by atoms with Crippen LogP contribution in [-0.4, -0.2) is 23.3 Å². The second kappa shape index (κ2) is 4.84. The van der Waals surface area contributed by atoms with Crippen molar-refractivity contribution in [3.8, 4) is 5.75 Å². The third-order valence-electron chi connectivity index (χ3n) is 1.72. The van der Waals surface area contributed by atoms with Crippen LogP contribution >= 0.6 is 15.9 Å². The molecule has 0 aromatic heterocycles. The fourth-order valence-corrected chi connectivity index (χ4v) is 1.34. The Kier molecular flexibility index (Phi) is 3.74. The Morgan fingerprint density at radius 1 is 1.53 bits per heavy atom. The number of phenols is 1. The van der Waals surface area contributed by atoms with Crippen molar-refractivity contribution in [3.05, 3.63) is 34.3 Å². The number of aliphatic hydroxyl groups excluding tert-OH is 1. The highest BCUT2D eigenvalue weighted by atomic mass is 79.9. The maximum atomic E-state index is 10.8. The summed E-state index contributed by atoms with van der Waals surface area (Å²) < 4.78 is 4.78. The molecule has 0 heterocycles. The molecule has 0 amide bonds. The van der Waals surface area contributed by atoms with Crippen LogP contribution in [0.15, 0.2) is 28.7 Å². The number of aromatic hydroxyl groups is 1. The molecule has 0 radical (unpaired) electrons. The monoisotopic (exact) mass is 272 g/mol. The lowest BCUT2D eigenvalue weighted by molar-refractivity contribution is -0.134. The highest BCUT2D eigenvalue weighted by molar-refractivity contribution is 9.10. The summed E-state index contributed by atoms with van der Waals surface area (Å²) in [6, 6.07) is 4.72. The van der Waals surface area contributed by atoms with E-state index in [9.17, 15) is 15.0 Å². The van der Waals surface area contributed by atoms with Gasteiger partial charge in [-0.15, -0.1) is 0 Å². The summed E-state index contributed by atoms with van der Waals surface area (Å²) in [5.41, 5.74) is 0.162. The van der Waals surface area contributed by atoms with Gasteiger partial charge in [-0.25, -0.2) is 4.79 Å². The van der Waals surface area contributed by atoms with E-state index >= 15 is 0 Å². The molecule has 0 atom stereocenters. The maximum absolute atomic E-state index is 10.8. The molecule has 0 aliphatic heterocycles. The molecule has 0 saturated carbocycles. The number of carbonyl (C=O) groups is 1. The van der Waals surface area contributed by atoms with Gasteiger partial charge in [-0.1, -0.05) is 6.07 Å². The summed E-state index contributed by atoms with van der Waals surface area (Å²) in [7, 11) is 1.20. The summed E-state index contributed by atoms with van der Waals surface area (Å²) in [5.74, 6) is -1.16. The van der Waals surface area contributed by atoms with Gasteiger partial charge in [0.1, 0.15) is 11.5 Å². The SMILES string of the molecule is COC(=O)/C=C(\O)c1cccc(Br)c1O. The first kappa shape index (κ1) is 11.6. The number of ether oxygens (including phenoxy) is 1. The van der Waals surface area contributed by atoms with E-state index in [-0.39, 0.29) is 17.1 Å². The van der Waals surface area contributed by atoms with E-state index in [0.29, 0.717) is 4.47 Å². The smallest absolute Gasteiger partial charge is 0.334 e. The standard InChI is InChI=1S/C10H9BrO4/c1-15-9(13)5-8(12)6-3-2-4-7(11)10(6)14/h2-5,12,14H,1H3/b8-5-. The van der Waals surface area contributed by atoms with Crippen LogP contribution in [-0.2, 0) is 9.53 Å². The summed E-state index contributed by atoms with van der Waals surface area (Å²) >= 11 is 3.09. The van der Waals surface area contributed by atoms with Gasteiger partial charge in [-0.2, -0.15) is 0 Å². The summed E-state index contributed by atoms with van der Waals surface area (Å²) in [6.07, 6.45) is 0.890. The van der Waals surface area contributed by atoms with Crippen LogP contribution in [0.5, 0.6) is 5.75 Å². The van der Waals surface area contributed by atoms with E-state index < -0.39 is 5.97 Å². The highest BCUT2D eigenvalue weighted by Gasteiger charge is 2.10. The molecular weight excluding hydrogens is 264 g/mol. The van der Waals surface area contributed by atoms with Gasteiger partial charge in [-0.05, 0) is 28.1 Å². The van der Waals surface area contributed by atoms with Crippen LogP contribution < -0.4 is 0 Å². The number of rotatable bonds is 2. The second-order valence-corrected chi connectivity index (χ2v) is 3.54. The number of carbonyl (C=O) groups excluding carboxylic acids is 1. The van der Waals surface area contributed by atoms with E-state index in [0.717, 1.165) is 6.08 Å². The Hall–Kier alpha value is -1.49. The summed E-state index contributed by atoms with van der Waals surface area (Å²) in [6.45, 7) is 0. The normalized spacial score (nSPS) is 11.2. The van der Waals surface area contributed by atoms with E-state index in [1.54, 1.807) is 12.1 Å². The van der Waals surface area contributed by atoms with Gasteiger partial charge in [0.15, 0.2) is 0 Å². The molecule has 5 heteroatoms. The lowest BCUT2D eigenvalue weighted by Crippen LogP contribution is -1.97. The van der Waals surface area contributed by atoms with Gasteiger partial charge < -0.3 is 14.9 Å². The van der Waals surface area contributed by atoms with Crippen molar-refractivity contribution < 1.29 is 19.7 Å². The molecule has 4 nitrogen and oxygen atoms in total. The van der Waals surface area contributed by atoms with Crippen LogP contribution in [0.2, 0.25) is 0 Å². The molecule has 15 heavy (non-hydrogen) atoms. The Balaban J connectivity index is 3.11. The minimum absolute atomic E-state index is 0.129. The Bertz CT molecular complexity index is 412. The lowest BCUT2D eigenvalue weighted by Gasteiger charge is -2.04. The molecule has 1 aromatic carbocycles. The molecule has 0 bridgehead atoms. The number of para-hydroxylation sites is 1. The molecule has 2 N–H and O–H groups in total. The quantitative estimate of drug-likeness (QED) is 0.492. The number of hydrogen-bond donors (Lipinski definition) is 2. The number of benzene rings is 1. The van der Waals surface area contributed by atoms with Crippen molar-refractivity contribution >= 4 is 27.7 Å². The first-order chi connectivity index (χ1) is 7.06. The first-order valence-electron chi connectivity index (χ1n) is 4.02. The topological polar surface area (TPSA) is 66.8 Å². The maximum Gasteiger partial charge on any atom is 0.334 e. The third-order valence-corrected chi connectivity index (χ3v) is 2.36. The number of hydrogen-bond acceptors (Lipinski definition) is 4. The zero-order valence-corrected chi connectivity index (χ0v) is 9.48. The largest absolute Gasteiger partial charge is 0.507 e. The van der Waals surface area contributed by atoms with Crippen molar-refractivity contribution in [2.75, 3.05) is 7.11 Å². The summed E-state index contributed by atoms with van der Waals surface area (Å²) in [5, 5.41) is 19.1. The molecule has 0 spiro atoms. The van der Waals surface area contributed by atoms with Crippen LogP contribution in [0.4, 0.5) is 0 Å². The Morgan fingerprint density at radius 3 is 2.80 bits per heavy atom. The van der Waals surface area contributed by atoms with Crippen LogP contribution in [0.3, 0.4) is 0 Å². The molecule has 1 rings (SSSR count). The number of phenolic OH excluding ortho intramolecular Hbond substituents is 1. The molecule has 1 aromatic rings. The van der Waals surface area contributed by atoms with Gasteiger partial charge in [0, 0.05) is 0 Å². The van der Waals surface area contributed by atoms with E-state index in [4.69, 9.17) is 0 Å². The predicted octanol–water partition coefficient (Wildman–Crippen LogP) is 2.23. The average molecular weight is 273 g/mol. The predicted molar refractivity (Wildman–Crippen MR) is 58.4 cm³/mol. The van der Waals surface area contributed by atoms with Gasteiger partial charge in [0.2, 0.25) is 0 Å². The fraction of sp³-hybridized carbons (Fsp3) is 0.100. The Labute approximate surface area is 94.9 Å². The van der Waals surface area contributed by atoms with Crippen molar-refractivity contribution in [2.45, 2.75) is 0 Å². The molecule has 0 fully saturated rings. The second-order valence-electron chi connectivity index (χ2n) is 2.69. The van der Waals surface area contributed by atoms with Crippen molar-refractivity contribution in [1.29, 1.82) is 0 Å². The molecule has 0 saturated heterocycles. The first-order valence-corrected chi connectivity index (χ1v) is 4.82. The van der Waals surface area contributed by atoms with Crippen LogP contribution in [0, 0.1) is 0 Å². The van der Waals surface area contributed by atoms with Gasteiger partial charge in [0.25, 0.3) is 0 Å². The average Bonchev–Trinajstić information content (AvgIpc) is 2.21. The van der Waals surface area contributed by atoms with Gasteiger partial charge >= 0.3 is 5.97 Å². The minimum atomic E-state index is -0.688.